The number of hydrogen-bond donors (Lipinski definition) is 4. The first-order chi connectivity index (χ1) is 17.1. The molecule has 0 aliphatic carbocycles. The van der Waals surface area contributed by atoms with Crippen molar-refractivity contribution in [3.05, 3.63) is 89.4 Å². The molecular weight excluding hydrogens is 516 g/mol. The number of aromatic hydroxyl groups is 1. The van der Waals surface area contributed by atoms with Gasteiger partial charge in [-0.3, -0.25) is 0 Å². The number of halogens is 8. The molecule has 0 aromatic heterocycles. The summed E-state index contributed by atoms with van der Waals surface area (Å²) < 4.78 is 109. The lowest BCUT2D eigenvalue weighted by molar-refractivity contribution is -0.123. The molecule has 0 saturated carbocycles. The molecule has 1 atom stereocenters. The highest BCUT2D eigenvalue weighted by molar-refractivity contribution is 5.57. The molecule has 0 heterocycles. The predicted molar refractivity (Wildman–Crippen MR) is 121 cm³/mol. The number of phenols is 1. The molecule has 0 aliphatic heterocycles. The van der Waals surface area contributed by atoms with Gasteiger partial charge in [-0.05, 0) is 29.8 Å². The van der Waals surface area contributed by atoms with Crippen molar-refractivity contribution in [2.24, 2.45) is 0 Å². The molecule has 37 heavy (non-hydrogen) atoms. The molecule has 0 radical (unpaired) electrons. The van der Waals surface area contributed by atoms with E-state index in [9.17, 15) is 45.3 Å². The Kier molecular flexibility index (Phi) is 9.43. The van der Waals surface area contributed by atoms with Crippen LogP contribution in [0.1, 0.15) is 17.0 Å². The fourth-order valence-electron chi connectivity index (χ4n) is 3.19. The summed E-state index contributed by atoms with van der Waals surface area (Å²) in [5.74, 6) is -5.34. The molecule has 5 nitrogen and oxygen atoms in total. The van der Waals surface area contributed by atoms with E-state index < -0.39 is 65.9 Å². The maximum absolute atomic E-state index is 14.7. The Morgan fingerprint density at radius 2 is 1.65 bits per heavy atom. The molecule has 2 aromatic carbocycles. The zero-order valence-corrected chi connectivity index (χ0v) is 19.1. The number of anilines is 1. The number of alkyl halides is 6. The number of rotatable bonds is 10. The Morgan fingerprint density at radius 1 is 1.05 bits per heavy atom. The minimum atomic E-state index is -4.68. The smallest absolute Gasteiger partial charge is 0.405 e. The van der Waals surface area contributed by atoms with E-state index in [2.05, 4.69) is 6.58 Å². The van der Waals surface area contributed by atoms with E-state index in [1.165, 1.54) is 31.4 Å². The third-order valence-electron chi connectivity index (χ3n) is 4.87. The van der Waals surface area contributed by atoms with E-state index in [-0.39, 0.29) is 11.1 Å². The Labute approximate surface area is 206 Å². The maximum atomic E-state index is 14.7. The number of ether oxygens (including phenoxy) is 1. The molecule has 2 aromatic rings. The van der Waals surface area contributed by atoms with Gasteiger partial charge >= 0.3 is 12.4 Å². The molecule has 0 bridgehead atoms. The van der Waals surface area contributed by atoms with E-state index in [1.54, 1.807) is 10.6 Å². The number of allylic oxidation sites excluding steroid dienone is 4. The molecule has 4 N–H and O–H groups in total. The molecule has 202 valence electrons. The average molecular weight is 538 g/mol. The quantitative estimate of drug-likeness (QED) is 0.156. The summed E-state index contributed by atoms with van der Waals surface area (Å²) in [4.78, 5) is 0. The average Bonchev–Trinajstić information content (AvgIpc) is 2.79. The number of aliphatic hydroxyl groups excluding tert-OH is 1. The lowest BCUT2D eigenvalue weighted by Gasteiger charge is -2.21. The molecule has 0 spiro atoms. The second-order valence-corrected chi connectivity index (χ2v) is 7.57. The first-order valence-corrected chi connectivity index (χ1v) is 10.4. The number of phenolic OH excluding ortho intramolecular Hbond substituents is 1. The van der Waals surface area contributed by atoms with Gasteiger partial charge in [-0.1, -0.05) is 18.7 Å². The third kappa shape index (κ3) is 8.62. The van der Waals surface area contributed by atoms with Gasteiger partial charge in [0.2, 0.25) is 0 Å². The van der Waals surface area contributed by atoms with Crippen LogP contribution < -0.4 is 15.4 Å². The molecule has 0 saturated heterocycles. The summed E-state index contributed by atoms with van der Waals surface area (Å²) >= 11 is 0. The first-order valence-electron chi connectivity index (χ1n) is 10.4. The highest BCUT2D eigenvalue weighted by Crippen LogP contribution is 2.39. The van der Waals surface area contributed by atoms with Crippen LogP contribution in [-0.4, -0.2) is 42.8 Å². The second kappa shape index (κ2) is 11.9. The zero-order chi connectivity index (χ0) is 28.0. The van der Waals surface area contributed by atoms with Crippen LogP contribution in [0, 0.1) is 5.82 Å². The van der Waals surface area contributed by atoms with Crippen LogP contribution in [0.15, 0.2) is 72.4 Å². The van der Waals surface area contributed by atoms with Crippen molar-refractivity contribution in [3.8, 4) is 11.5 Å². The molecule has 0 amide bonds. The summed E-state index contributed by atoms with van der Waals surface area (Å²) in [6.45, 7) is 0.0146. The second-order valence-electron chi connectivity index (χ2n) is 7.57. The van der Waals surface area contributed by atoms with Crippen molar-refractivity contribution < 1.29 is 50.1 Å². The maximum Gasteiger partial charge on any atom is 0.405 e. The zero-order valence-electron chi connectivity index (χ0n) is 19.1. The van der Waals surface area contributed by atoms with E-state index in [0.29, 0.717) is 24.0 Å². The molecule has 1 unspecified atom stereocenters. The number of aliphatic hydroxyl groups is 1. The van der Waals surface area contributed by atoms with Crippen molar-refractivity contribution in [1.82, 2.24) is 5.32 Å². The fourth-order valence-corrected chi connectivity index (χ4v) is 3.19. The molecule has 13 heteroatoms. The van der Waals surface area contributed by atoms with Crippen molar-refractivity contribution >= 4 is 5.69 Å². The van der Waals surface area contributed by atoms with Gasteiger partial charge in [-0.2, -0.15) is 26.3 Å². The third-order valence-corrected chi connectivity index (χ3v) is 4.87. The first kappa shape index (κ1) is 29.3. The van der Waals surface area contributed by atoms with Crippen LogP contribution in [0.5, 0.6) is 11.5 Å². The molecule has 2 rings (SSSR count). The van der Waals surface area contributed by atoms with Crippen molar-refractivity contribution in [2.75, 3.05) is 25.5 Å². The molecular formula is C24H22F8N2O3. The topological polar surface area (TPSA) is 73.8 Å². The number of benzene rings is 2. The van der Waals surface area contributed by atoms with Crippen LogP contribution in [0.4, 0.5) is 40.8 Å². The van der Waals surface area contributed by atoms with E-state index in [4.69, 9.17) is 4.74 Å². The van der Waals surface area contributed by atoms with Crippen LogP contribution in [0.3, 0.4) is 0 Å². The van der Waals surface area contributed by atoms with Crippen LogP contribution in [-0.2, 0) is 0 Å². The largest absolute Gasteiger partial charge is 0.511 e. The molecule has 0 fully saturated rings. The van der Waals surface area contributed by atoms with E-state index in [1.807, 2.05) is 0 Å². The Morgan fingerprint density at radius 3 is 2.16 bits per heavy atom. The van der Waals surface area contributed by atoms with Gasteiger partial charge in [0.25, 0.3) is 0 Å². The van der Waals surface area contributed by atoms with Gasteiger partial charge < -0.3 is 25.6 Å². The van der Waals surface area contributed by atoms with E-state index >= 15 is 0 Å². The van der Waals surface area contributed by atoms with E-state index in [0.717, 1.165) is 6.08 Å². The Bertz CT molecular complexity index is 1160. The van der Waals surface area contributed by atoms with Gasteiger partial charge in [0.1, 0.15) is 42.0 Å². The van der Waals surface area contributed by atoms with Gasteiger partial charge in [-0.15, -0.1) is 0 Å². The minimum Gasteiger partial charge on any atom is -0.511 e. The summed E-state index contributed by atoms with van der Waals surface area (Å²) in [6, 6.07) is 6.90. The Hall–Kier alpha value is -3.90. The predicted octanol–water partition coefficient (Wildman–Crippen LogP) is 6.61. The van der Waals surface area contributed by atoms with Gasteiger partial charge in [0, 0.05) is 17.7 Å². The fraction of sp³-hybridized carbons (Fsp3) is 0.250. The Balaban J connectivity index is 2.59. The number of nitrogens with one attached hydrogen (secondary N) is 2. The van der Waals surface area contributed by atoms with Gasteiger partial charge in [0.15, 0.2) is 0 Å². The number of methoxy groups -OCH3 is 1. The van der Waals surface area contributed by atoms with Gasteiger partial charge in [0.05, 0.1) is 24.4 Å². The monoisotopic (exact) mass is 538 g/mol. The van der Waals surface area contributed by atoms with Crippen molar-refractivity contribution in [1.29, 1.82) is 0 Å². The standard InChI is InChI=1S/C24H22F8N2O3/c1-3-18(33-11-23(27,28)29)17(26)9-21(36)22(13-4-6-14(37-2)7-5-13)15-8-16(25)19(10-20(15)35)34-12-24(30,31)32/h3-10,22,33-36H,1,11-12H2,2H3/b18-17-,21-9-. The summed E-state index contributed by atoms with van der Waals surface area (Å²) in [5, 5.41) is 24.8. The molecule has 0 aliphatic rings. The summed E-state index contributed by atoms with van der Waals surface area (Å²) in [7, 11) is 1.36. The lowest BCUT2D eigenvalue weighted by Crippen LogP contribution is -2.28. The minimum absolute atomic E-state index is 0.149. The van der Waals surface area contributed by atoms with Gasteiger partial charge in [-0.25, -0.2) is 8.78 Å². The highest BCUT2D eigenvalue weighted by atomic mass is 19.4. The summed E-state index contributed by atoms with van der Waals surface area (Å²) in [5.41, 5.74) is -1.62. The van der Waals surface area contributed by atoms with Crippen molar-refractivity contribution in [3.63, 3.8) is 0 Å². The van der Waals surface area contributed by atoms with Crippen LogP contribution in [0.2, 0.25) is 0 Å². The lowest BCUT2D eigenvalue weighted by atomic mass is 9.88. The summed E-state index contributed by atoms with van der Waals surface area (Å²) in [6.07, 6.45) is -8.18. The van der Waals surface area contributed by atoms with Crippen molar-refractivity contribution in [2.45, 2.75) is 18.3 Å². The van der Waals surface area contributed by atoms with Crippen LogP contribution >= 0.6 is 0 Å². The SMILES string of the molecule is C=C/C(NCC(F)(F)F)=C(F)\C=C(/O)C(c1ccc(OC)cc1)c1cc(F)c(NCC(F)(F)F)cc1O. The normalized spacial score (nSPS) is 14.0. The van der Waals surface area contributed by atoms with Crippen LogP contribution in [0.25, 0.3) is 0 Å². The highest BCUT2D eigenvalue weighted by Gasteiger charge is 2.29. The number of hydrogen-bond acceptors (Lipinski definition) is 5.